The molecule has 4 aromatic rings. The zero-order valence-electron chi connectivity index (χ0n) is 21.5. The zero-order valence-corrected chi connectivity index (χ0v) is 21.5. The van der Waals surface area contributed by atoms with E-state index in [4.69, 9.17) is 18.9 Å². The Morgan fingerprint density at radius 2 is 1.63 bits per heavy atom. The van der Waals surface area contributed by atoms with E-state index in [1.54, 1.807) is 39.3 Å². The molecule has 0 saturated heterocycles. The van der Waals surface area contributed by atoms with Gasteiger partial charge >= 0.3 is 0 Å². The molecule has 0 aliphatic carbocycles. The number of rotatable bonds is 8. The SMILES string of the molecule is COc1cccc(C2=C[C@H](c3cc(OC)c(OC)c(OC)c3)n3ncc(C(=O)Nc4ccccc4)c3N2)c1. The van der Waals surface area contributed by atoms with E-state index in [-0.39, 0.29) is 11.9 Å². The normalized spacial score (nSPS) is 14.0. The largest absolute Gasteiger partial charge is 0.497 e. The first kappa shape index (κ1) is 24.8. The Kier molecular flexibility index (Phi) is 6.90. The summed E-state index contributed by atoms with van der Waals surface area (Å²) in [6.45, 7) is 0. The van der Waals surface area contributed by atoms with Gasteiger partial charge in [-0.1, -0.05) is 30.3 Å². The number of allylic oxidation sites excluding steroid dienone is 1. The van der Waals surface area contributed by atoms with Crippen molar-refractivity contribution in [3.63, 3.8) is 0 Å². The van der Waals surface area contributed by atoms with Crippen molar-refractivity contribution in [3.8, 4) is 23.0 Å². The molecule has 1 aliphatic rings. The summed E-state index contributed by atoms with van der Waals surface area (Å²) in [6.07, 6.45) is 3.60. The highest BCUT2D eigenvalue weighted by Crippen LogP contribution is 2.43. The minimum Gasteiger partial charge on any atom is -0.497 e. The van der Waals surface area contributed by atoms with Crippen LogP contribution in [0, 0.1) is 0 Å². The number of benzene rings is 3. The molecule has 2 heterocycles. The third-order valence-corrected chi connectivity index (χ3v) is 6.32. The molecule has 0 bridgehead atoms. The maximum Gasteiger partial charge on any atom is 0.261 e. The molecule has 1 aliphatic heterocycles. The summed E-state index contributed by atoms with van der Waals surface area (Å²) < 4.78 is 23.9. The molecule has 9 nitrogen and oxygen atoms in total. The van der Waals surface area contributed by atoms with Gasteiger partial charge in [-0.05, 0) is 48.0 Å². The second kappa shape index (κ2) is 10.6. The number of methoxy groups -OCH3 is 4. The average Bonchev–Trinajstić information content (AvgIpc) is 3.40. The van der Waals surface area contributed by atoms with Gasteiger partial charge in [0.15, 0.2) is 11.5 Å². The summed E-state index contributed by atoms with van der Waals surface area (Å²) >= 11 is 0. The summed E-state index contributed by atoms with van der Waals surface area (Å²) in [5.41, 5.74) is 3.62. The topological polar surface area (TPSA) is 95.9 Å². The lowest BCUT2D eigenvalue weighted by Crippen LogP contribution is -2.22. The molecule has 1 amide bonds. The fraction of sp³-hybridized carbons (Fsp3) is 0.172. The van der Waals surface area contributed by atoms with E-state index in [0.717, 1.165) is 22.6 Å². The Hall–Kier alpha value is -4.92. The fourth-order valence-electron chi connectivity index (χ4n) is 4.45. The maximum absolute atomic E-state index is 13.3. The first-order valence-corrected chi connectivity index (χ1v) is 11.9. The monoisotopic (exact) mass is 512 g/mol. The van der Waals surface area contributed by atoms with E-state index in [9.17, 15) is 4.79 Å². The quantitative estimate of drug-likeness (QED) is 0.334. The number of hydrogen-bond donors (Lipinski definition) is 2. The number of aromatic nitrogens is 2. The predicted molar refractivity (Wildman–Crippen MR) is 145 cm³/mol. The van der Waals surface area contributed by atoms with Crippen LogP contribution in [-0.2, 0) is 0 Å². The molecule has 0 spiro atoms. The van der Waals surface area contributed by atoms with Gasteiger partial charge in [-0.15, -0.1) is 0 Å². The fourth-order valence-corrected chi connectivity index (χ4v) is 4.45. The molecular weight excluding hydrogens is 484 g/mol. The minimum atomic E-state index is -0.389. The third kappa shape index (κ3) is 4.61. The van der Waals surface area contributed by atoms with E-state index in [2.05, 4.69) is 15.7 Å². The molecule has 194 valence electrons. The number of carbonyl (C=O) groups is 1. The molecule has 0 unspecified atom stereocenters. The lowest BCUT2D eigenvalue weighted by molar-refractivity contribution is 0.102. The number of anilines is 2. The van der Waals surface area contributed by atoms with E-state index < -0.39 is 0 Å². The van der Waals surface area contributed by atoms with Crippen LogP contribution in [0.5, 0.6) is 23.0 Å². The smallest absolute Gasteiger partial charge is 0.261 e. The number of nitrogens with zero attached hydrogens (tertiary/aromatic N) is 2. The Balaban J connectivity index is 1.63. The Bertz CT molecular complexity index is 1470. The molecule has 3 aromatic carbocycles. The van der Waals surface area contributed by atoms with Crippen molar-refractivity contribution >= 4 is 23.1 Å². The van der Waals surface area contributed by atoms with Crippen molar-refractivity contribution in [1.29, 1.82) is 0 Å². The van der Waals surface area contributed by atoms with Gasteiger partial charge in [0.25, 0.3) is 5.91 Å². The number of hydrogen-bond acceptors (Lipinski definition) is 7. The first-order valence-electron chi connectivity index (χ1n) is 11.9. The highest BCUT2D eigenvalue weighted by Gasteiger charge is 2.29. The van der Waals surface area contributed by atoms with Gasteiger partial charge in [0.1, 0.15) is 17.1 Å². The molecule has 5 rings (SSSR count). The summed E-state index contributed by atoms with van der Waals surface area (Å²) in [6, 6.07) is 20.4. The third-order valence-electron chi connectivity index (χ3n) is 6.32. The number of para-hydroxylation sites is 1. The maximum atomic E-state index is 13.3. The lowest BCUT2D eigenvalue weighted by Gasteiger charge is -2.27. The Labute approximate surface area is 220 Å². The Morgan fingerprint density at radius 3 is 2.29 bits per heavy atom. The van der Waals surface area contributed by atoms with Crippen LogP contribution in [0.2, 0.25) is 0 Å². The van der Waals surface area contributed by atoms with E-state index >= 15 is 0 Å². The van der Waals surface area contributed by atoms with Crippen LogP contribution in [0.15, 0.2) is 79.0 Å². The van der Waals surface area contributed by atoms with Gasteiger partial charge in [0.05, 0.1) is 40.7 Å². The number of fused-ring (bicyclic) bond motifs is 1. The molecule has 2 N–H and O–H groups in total. The average molecular weight is 513 g/mol. The van der Waals surface area contributed by atoms with E-state index in [1.165, 1.54) is 0 Å². The summed E-state index contributed by atoms with van der Waals surface area (Å²) in [4.78, 5) is 13.3. The van der Waals surface area contributed by atoms with Crippen molar-refractivity contribution in [3.05, 3.63) is 95.7 Å². The van der Waals surface area contributed by atoms with Gasteiger partial charge in [-0.2, -0.15) is 5.10 Å². The number of nitrogens with one attached hydrogen (secondary N) is 2. The van der Waals surface area contributed by atoms with Crippen LogP contribution >= 0.6 is 0 Å². The summed E-state index contributed by atoms with van der Waals surface area (Å²) in [5, 5.41) is 11.0. The van der Waals surface area contributed by atoms with Crippen LogP contribution < -0.4 is 29.6 Å². The zero-order chi connectivity index (χ0) is 26.6. The van der Waals surface area contributed by atoms with Crippen molar-refractivity contribution in [1.82, 2.24) is 9.78 Å². The van der Waals surface area contributed by atoms with Gasteiger partial charge in [-0.3, -0.25) is 4.79 Å². The number of ether oxygens (including phenoxy) is 4. The van der Waals surface area contributed by atoms with Crippen LogP contribution in [0.1, 0.15) is 27.5 Å². The molecule has 9 heteroatoms. The van der Waals surface area contributed by atoms with Gasteiger partial charge in [0, 0.05) is 16.9 Å². The number of amides is 1. The standard InChI is InChI=1S/C29H28N4O5/c1-35-21-12-8-9-18(13-21)23-16-24(19-14-25(36-2)27(38-4)26(15-19)37-3)33-28(32-23)22(17-30-33)29(34)31-20-10-6-5-7-11-20/h5-17,24,32H,1-4H3,(H,31,34)/t24-/m1/s1. The highest BCUT2D eigenvalue weighted by atomic mass is 16.5. The molecule has 1 atom stereocenters. The summed E-state index contributed by atoms with van der Waals surface area (Å²) in [5.74, 6) is 2.53. The van der Waals surface area contributed by atoms with Crippen LogP contribution in [0.3, 0.4) is 0 Å². The van der Waals surface area contributed by atoms with Crippen LogP contribution in [0.25, 0.3) is 5.70 Å². The molecule has 38 heavy (non-hydrogen) atoms. The number of carbonyl (C=O) groups excluding carboxylic acids is 1. The van der Waals surface area contributed by atoms with Gasteiger partial charge < -0.3 is 29.6 Å². The van der Waals surface area contributed by atoms with Crippen molar-refractivity contribution in [2.75, 3.05) is 39.1 Å². The lowest BCUT2D eigenvalue weighted by atomic mass is 10.00. The van der Waals surface area contributed by atoms with Gasteiger partial charge in [0.2, 0.25) is 5.75 Å². The predicted octanol–water partition coefficient (Wildman–Crippen LogP) is 5.23. The summed E-state index contributed by atoms with van der Waals surface area (Å²) in [7, 11) is 6.34. The second-order valence-electron chi connectivity index (χ2n) is 8.51. The van der Waals surface area contributed by atoms with E-state index in [0.29, 0.717) is 34.3 Å². The van der Waals surface area contributed by atoms with Crippen LogP contribution in [0.4, 0.5) is 11.5 Å². The van der Waals surface area contributed by atoms with Crippen molar-refractivity contribution in [2.45, 2.75) is 6.04 Å². The molecule has 0 fully saturated rings. The van der Waals surface area contributed by atoms with E-state index in [1.807, 2.05) is 72.8 Å². The Morgan fingerprint density at radius 1 is 0.895 bits per heavy atom. The molecule has 0 saturated carbocycles. The second-order valence-corrected chi connectivity index (χ2v) is 8.51. The first-order chi connectivity index (χ1) is 18.6. The van der Waals surface area contributed by atoms with Gasteiger partial charge in [-0.25, -0.2) is 4.68 Å². The van der Waals surface area contributed by atoms with Crippen molar-refractivity contribution in [2.24, 2.45) is 0 Å². The molecule has 0 radical (unpaired) electrons. The molecule has 1 aromatic heterocycles. The highest BCUT2D eigenvalue weighted by molar-refractivity contribution is 6.08. The van der Waals surface area contributed by atoms with Crippen LogP contribution in [-0.4, -0.2) is 44.1 Å². The molecular formula is C29H28N4O5. The van der Waals surface area contributed by atoms with Crippen molar-refractivity contribution < 1.29 is 23.7 Å². The minimum absolute atomic E-state index is 0.277.